The van der Waals surface area contributed by atoms with Crippen LogP contribution in [0, 0.1) is 0 Å². The third-order valence-electron chi connectivity index (χ3n) is 3.79. The maximum Gasteiger partial charge on any atom is 0.259 e. The molecule has 1 heterocycles. The summed E-state index contributed by atoms with van der Waals surface area (Å²) >= 11 is 0. The van der Waals surface area contributed by atoms with Gasteiger partial charge >= 0.3 is 0 Å². The molecule has 0 N–H and O–H groups in total. The maximum atomic E-state index is 12.3. The zero-order valence-electron chi connectivity index (χ0n) is 12.0. The summed E-state index contributed by atoms with van der Waals surface area (Å²) in [7, 11) is 3.21. The summed E-state index contributed by atoms with van der Waals surface area (Å²) in [4.78, 5) is 14.1. The fourth-order valence-corrected chi connectivity index (χ4v) is 2.69. The Bertz CT molecular complexity index is 624. The van der Waals surface area contributed by atoms with E-state index in [-0.39, 0.29) is 11.9 Å². The zero-order valence-corrected chi connectivity index (χ0v) is 12.0. The average Bonchev–Trinajstić information content (AvgIpc) is 2.54. The van der Waals surface area contributed by atoms with E-state index in [1.165, 1.54) is 0 Å². The van der Waals surface area contributed by atoms with Crippen LogP contribution in [0.15, 0.2) is 54.6 Å². The number of hydrogen-bond donors (Lipinski definition) is 0. The first-order chi connectivity index (χ1) is 10.3. The van der Waals surface area contributed by atoms with Crippen LogP contribution in [-0.2, 0) is 9.53 Å². The minimum absolute atomic E-state index is 0.00971. The molecule has 2 aromatic rings. The Morgan fingerprint density at radius 2 is 1.62 bits per heavy atom. The summed E-state index contributed by atoms with van der Waals surface area (Å²) in [6.45, 7) is 0. The first-order valence-corrected chi connectivity index (χ1v) is 6.81. The quantitative estimate of drug-likeness (QED) is 0.810. The summed E-state index contributed by atoms with van der Waals surface area (Å²) in [6.07, 6.45) is -0.432. The topological polar surface area (TPSA) is 38.8 Å². The van der Waals surface area contributed by atoms with Crippen molar-refractivity contribution in [3.8, 4) is 5.75 Å². The molecule has 0 aromatic heterocycles. The number of carbonyl (C=O) groups is 1. The Morgan fingerprint density at radius 3 is 2.19 bits per heavy atom. The number of para-hydroxylation sites is 1. The minimum Gasteiger partial charge on any atom is -0.497 e. The van der Waals surface area contributed by atoms with Gasteiger partial charge in [0, 0.05) is 12.8 Å². The standard InChI is InChI=1S/C17H17NO3/c1-20-14-10-8-12(9-11-14)15-16(21-2)17(19)18(15)13-6-4-3-5-7-13/h3-11,15-16H,1-2H3/t15-,16+/m0/s1. The van der Waals surface area contributed by atoms with Gasteiger partial charge < -0.3 is 9.47 Å². The van der Waals surface area contributed by atoms with Gasteiger partial charge in [-0.25, -0.2) is 0 Å². The molecule has 4 heteroatoms. The summed E-state index contributed by atoms with van der Waals surface area (Å²) in [5.41, 5.74) is 1.92. The van der Waals surface area contributed by atoms with Gasteiger partial charge in [0.05, 0.1) is 13.2 Å². The van der Waals surface area contributed by atoms with Crippen LogP contribution in [0.25, 0.3) is 0 Å². The lowest BCUT2D eigenvalue weighted by molar-refractivity contribution is -0.139. The molecule has 0 saturated carbocycles. The van der Waals surface area contributed by atoms with E-state index in [2.05, 4.69) is 0 Å². The van der Waals surface area contributed by atoms with Crippen molar-refractivity contribution in [2.45, 2.75) is 12.1 Å². The number of methoxy groups -OCH3 is 2. The van der Waals surface area contributed by atoms with Gasteiger partial charge in [-0.05, 0) is 29.8 Å². The molecule has 0 spiro atoms. The fraction of sp³-hybridized carbons (Fsp3) is 0.235. The van der Waals surface area contributed by atoms with Crippen molar-refractivity contribution in [3.05, 3.63) is 60.2 Å². The lowest BCUT2D eigenvalue weighted by atomic mass is 9.89. The van der Waals surface area contributed by atoms with Crippen LogP contribution in [0.5, 0.6) is 5.75 Å². The van der Waals surface area contributed by atoms with Crippen LogP contribution in [0.3, 0.4) is 0 Å². The number of benzene rings is 2. The highest BCUT2D eigenvalue weighted by Gasteiger charge is 2.49. The molecule has 2 atom stereocenters. The smallest absolute Gasteiger partial charge is 0.259 e. The van der Waals surface area contributed by atoms with E-state index in [9.17, 15) is 4.79 Å². The van der Waals surface area contributed by atoms with Crippen molar-refractivity contribution < 1.29 is 14.3 Å². The monoisotopic (exact) mass is 283 g/mol. The highest BCUT2D eigenvalue weighted by atomic mass is 16.5. The van der Waals surface area contributed by atoms with Gasteiger partial charge in [-0.3, -0.25) is 9.69 Å². The molecule has 1 amide bonds. The Balaban J connectivity index is 1.94. The van der Waals surface area contributed by atoms with Crippen LogP contribution in [0.1, 0.15) is 11.6 Å². The number of nitrogens with zero attached hydrogens (tertiary/aromatic N) is 1. The Hall–Kier alpha value is -2.33. The molecule has 0 unspecified atom stereocenters. The lowest BCUT2D eigenvalue weighted by Crippen LogP contribution is -2.59. The number of β-lactam (4-membered cyclic amide) rings is 1. The van der Waals surface area contributed by atoms with Crippen molar-refractivity contribution in [2.24, 2.45) is 0 Å². The first-order valence-electron chi connectivity index (χ1n) is 6.81. The third-order valence-corrected chi connectivity index (χ3v) is 3.79. The number of amides is 1. The van der Waals surface area contributed by atoms with Crippen molar-refractivity contribution >= 4 is 11.6 Å². The number of hydrogen-bond acceptors (Lipinski definition) is 3. The largest absolute Gasteiger partial charge is 0.497 e. The number of rotatable bonds is 4. The average molecular weight is 283 g/mol. The molecular formula is C17H17NO3. The van der Waals surface area contributed by atoms with Crippen LogP contribution >= 0.6 is 0 Å². The molecule has 21 heavy (non-hydrogen) atoms. The van der Waals surface area contributed by atoms with E-state index in [1.807, 2.05) is 54.6 Å². The number of carbonyl (C=O) groups excluding carboxylic acids is 1. The molecule has 1 aliphatic heterocycles. The number of anilines is 1. The lowest BCUT2D eigenvalue weighted by Gasteiger charge is -2.46. The van der Waals surface area contributed by atoms with Crippen LogP contribution in [0.2, 0.25) is 0 Å². The van der Waals surface area contributed by atoms with Crippen molar-refractivity contribution in [3.63, 3.8) is 0 Å². The Kier molecular flexibility index (Phi) is 3.62. The molecule has 1 fully saturated rings. The second kappa shape index (κ2) is 5.58. The molecule has 2 aromatic carbocycles. The van der Waals surface area contributed by atoms with Gasteiger partial charge in [0.1, 0.15) is 5.75 Å². The van der Waals surface area contributed by atoms with E-state index in [4.69, 9.17) is 9.47 Å². The second-order valence-electron chi connectivity index (χ2n) is 4.92. The van der Waals surface area contributed by atoms with E-state index in [1.54, 1.807) is 19.1 Å². The summed E-state index contributed by atoms with van der Waals surface area (Å²) in [5.74, 6) is 0.786. The minimum atomic E-state index is -0.432. The summed E-state index contributed by atoms with van der Waals surface area (Å²) in [5, 5.41) is 0. The molecule has 0 aliphatic carbocycles. The SMILES string of the molecule is COc1ccc([C@H]2[C@@H](OC)C(=O)N2c2ccccc2)cc1. The van der Waals surface area contributed by atoms with Gasteiger partial charge in [0.25, 0.3) is 5.91 Å². The predicted molar refractivity (Wildman–Crippen MR) is 80.5 cm³/mol. The van der Waals surface area contributed by atoms with Gasteiger partial charge in [0.2, 0.25) is 0 Å². The van der Waals surface area contributed by atoms with Crippen LogP contribution < -0.4 is 9.64 Å². The molecule has 1 saturated heterocycles. The predicted octanol–water partition coefficient (Wildman–Crippen LogP) is 2.80. The van der Waals surface area contributed by atoms with Crippen LogP contribution in [0.4, 0.5) is 5.69 Å². The van der Waals surface area contributed by atoms with Crippen molar-refractivity contribution in [1.29, 1.82) is 0 Å². The Morgan fingerprint density at radius 1 is 0.952 bits per heavy atom. The van der Waals surface area contributed by atoms with Crippen LogP contribution in [-0.4, -0.2) is 26.2 Å². The van der Waals surface area contributed by atoms with Gasteiger partial charge in [-0.1, -0.05) is 30.3 Å². The molecule has 4 nitrogen and oxygen atoms in total. The van der Waals surface area contributed by atoms with Crippen molar-refractivity contribution in [2.75, 3.05) is 19.1 Å². The van der Waals surface area contributed by atoms with Gasteiger partial charge in [-0.2, -0.15) is 0 Å². The highest BCUT2D eigenvalue weighted by molar-refractivity contribution is 6.05. The van der Waals surface area contributed by atoms with E-state index < -0.39 is 6.10 Å². The molecule has 0 radical (unpaired) electrons. The molecule has 3 rings (SSSR count). The zero-order chi connectivity index (χ0) is 14.8. The molecular weight excluding hydrogens is 266 g/mol. The van der Waals surface area contributed by atoms with E-state index >= 15 is 0 Å². The fourth-order valence-electron chi connectivity index (χ4n) is 2.69. The van der Waals surface area contributed by atoms with E-state index in [0.717, 1.165) is 17.0 Å². The second-order valence-corrected chi connectivity index (χ2v) is 4.92. The molecule has 1 aliphatic rings. The molecule has 0 bridgehead atoms. The summed E-state index contributed by atoms with van der Waals surface area (Å²) in [6, 6.07) is 17.3. The first kappa shape index (κ1) is 13.6. The van der Waals surface area contributed by atoms with E-state index in [0.29, 0.717) is 0 Å². The maximum absolute atomic E-state index is 12.3. The number of ether oxygens (including phenoxy) is 2. The van der Waals surface area contributed by atoms with Crippen molar-refractivity contribution in [1.82, 2.24) is 0 Å². The van der Waals surface area contributed by atoms with Gasteiger partial charge in [-0.15, -0.1) is 0 Å². The molecule has 108 valence electrons. The highest BCUT2D eigenvalue weighted by Crippen LogP contribution is 2.40. The summed E-state index contributed by atoms with van der Waals surface area (Å²) < 4.78 is 10.5. The Labute approximate surface area is 123 Å². The normalized spacial score (nSPS) is 21.0. The third kappa shape index (κ3) is 2.28. The van der Waals surface area contributed by atoms with Gasteiger partial charge in [0.15, 0.2) is 6.10 Å².